The summed E-state index contributed by atoms with van der Waals surface area (Å²) in [6.07, 6.45) is 7.79. The second-order valence-corrected chi connectivity index (χ2v) is 9.81. The number of carbonyl (C=O) groups is 1. The second-order valence-electron chi connectivity index (χ2n) is 8.87. The molecule has 1 aliphatic carbocycles. The Morgan fingerprint density at radius 3 is 2.94 bits per heavy atom. The van der Waals surface area contributed by atoms with Crippen LogP contribution in [0.3, 0.4) is 0 Å². The fraction of sp³-hybridized carbons (Fsp3) is 0.542. The summed E-state index contributed by atoms with van der Waals surface area (Å²) in [6.45, 7) is 5.38. The molecule has 5 rings (SSSR count). The SMILES string of the molecule is CCCN(CC1CC1)C(=O)CSc1nnc(-c2c[nH]c3ccccc23)n1C[C@H]1CCCO1. The number of nitrogens with one attached hydrogen (secondary N) is 1. The van der Waals surface area contributed by atoms with Gasteiger partial charge in [0.15, 0.2) is 11.0 Å². The molecule has 1 saturated carbocycles. The van der Waals surface area contributed by atoms with Crippen LogP contribution in [0.2, 0.25) is 0 Å². The Kier molecular flexibility index (Phi) is 6.50. The number of hydrogen-bond donors (Lipinski definition) is 1. The van der Waals surface area contributed by atoms with Crippen LogP contribution in [0, 0.1) is 5.92 Å². The summed E-state index contributed by atoms with van der Waals surface area (Å²) in [6, 6.07) is 8.23. The fourth-order valence-corrected chi connectivity index (χ4v) is 5.28. The molecule has 1 N–H and O–H groups in total. The molecule has 1 amide bonds. The van der Waals surface area contributed by atoms with Crippen molar-refractivity contribution in [2.24, 2.45) is 5.92 Å². The highest BCUT2D eigenvalue weighted by Gasteiger charge is 2.27. The first-order valence-corrected chi connectivity index (χ1v) is 12.7. The van der Waals surface area contributed by atoms with Gasteiger partial charge in [0.1, 0.15) is 0 Å². The Labute approximate surface area is 192 Å². The maximum atomic E-state index is 13.0. The smallest absolute Gasteiger partial charge is 0.233 e. The lowest BCUT2D eigenvalue weighted by Gasteiger charge is -2.22. The first-order chi connectivity index (χ1) is 15.7. The largest absolute Gasteiger partial charge is 0.376 e. The van der Waals surface area contributed by atoms with E-state index in [2.05, 4.69) is 38.8 Å². The highest BCUT2D eigenvalue weighted by atomic mass is 32.2. The van der Waals surface area contributed by atoms with Gasteiger partial charge in [-0.3, -0.25) is 9.36 Å². The van der Waals surface area contributed by atoms with Crippen molar-refractivity contribution in [2.75, 3.05) is 25.4 Å². The van der Waals surface area contributed by atoms with Gasteiger partial charge in [-0.1, -0.05) is 36.9 Å². The number of aromatic amines is 1. The second kappa shape index (κ2) is 9.67. The average molecular weight is 454 g/mol. The zero-order chi connectivity index (χ0) is 21.9. The van der Waals surface area contributed by atoms with Crippen LogP contribution < -0.4 is 0 Å². The van der Waals surface area contributed by atoms with E-state index in [0.29, 0.717) is 18.2 Å². The zero-order valence-corrected chi connectivity index (χ0v) is 19.4. The molecule has 7 nitrogen and oxygen atoms in total. The van der Waals surface area contributed by atoms with E-state index >= 15 is 0 Å². The molecule has 0 spiro atoms. The van der Waals surface area contributed by atoms with Gasteiger partial charge >= 0.3 is 0 Å². The molecule has 0 unspecified atom stereocenters. The van der Waals surface area contributed by atoms with E-state index in [1.54, 1.807) is 0 Å². The lowest BCUT2D eigenvalue weighted by molar-refractivity contribution is -0.128. The van der Waals surface area contributed by atoms with E-state index in [-0.39, 0.29) is 12.0 Å². The first kappa shape index (κ1) is 21.5. The maximum Gasteiger partial charge on any atom is 0.233 e. The van der Waals surface area contributed by atoms with E-state index in [1.807, 2.05) is 23.2 Å². The molecule has 3 aromatic rings. The monoisotopic (exact) mass is 453 g/mol. The molecule has 8 heteroatoms. The summed E-state index contributed by atoms with van der Waals surface area (Å²) in [5.41, 5.74) is 2.11. The number of rotatable bonds is 10. The van der Waals surface area contributed by atoms with Crippen LogP contribution in [0.1, 0.15) is 39.0 Å². The van der Waals surface area contributed by atoms with Crippen molar-refractivity contribution in [1.82, 2.24) is 24.6 Å². The maximum absolute atomic E-state index is 13.0. The van der Waals surface area contributed by atoms with Gasteiger partial charge in [-0.2, -0.15) is 0 Å². The number of benzene rings is 1. The summed E-state index contributed by atoms with van der Waals surface area (Å²) in [7, 11) is 0. The predicted octanol–water partition coefficient (Wildman–Crippen LogP) is 4.35. The minimum Gasteiger partial charge on any atom is -0.376 e. The van der Waals surface area contributed by atoms with Crippen LogP contribution in [0.4, 0.5) is 0 Å². The molecule has 3 heterocycles. The first-order valence-electron chi connectivity index (χ1n) is 11.7. The summed E-state index contributed by atoms with van der Waals surface area (Å²) in [4.78, 5) is 18.3. The summed E-state index contributed by atoms with van der Waals surface area (Å²) in [5.74, 6) is 2.12. The van der Waals surface area contributed by atoms with Gasteiger partial charge in [-0.15, -0.1) is 10.2 Å². The summed E-state index contributed by atoms with van der Waals surface area (Å²) < 4.78 is 8.07. The van der Waals surface area contributed by atoms with Crippen molar-refractivity contribution in [3.63, 3.8) is 0 Å². The van der Waals surface area contributed by atoms with Gasteiger partial charge in [-0.25, -0.2) is 0 Å². The lowest BCUT2D eigenvalue weighted by Crippen LogP contribution is -2.35. The Hall–Kier alpha value is -2.32. The van der Waals surface area contributed by atoms with Crippen LogP contribution in [-0.2, 0) is 16.1 Å². The fourth-order valence-electron chi connectivity index (χ4n) is 4.43. The highest BCUT2D eigenvalue weighted by Crippen LogP contribution is 2.32. The van der Waals surface area contributed by atoms with Crippen LogP contribution in [0.25, 0.3) is 22.3 Å². The molecule has 0 bridgehead atoms. The summed E-state index contributed by atoms with van der Waals surface area (Å²) in [5, 5.41) is 11.0. The Balaban J connectivity index is 1.38. The van der Waals surface area contributed by atoms with E-state index in [1.165, 1.54) is 24.6 Å². The number of H-pyrrole nitrogens is 1. The zero-order valence-electron chi connectivity index (χ0n) is 18.6. The molecular weight excluding hydrogens is 422 g/mol. The Morgan fingerprint density at radius 1 is 1.28 bits per heavy atom. The van der Waals surface area contributed by atoms with Gasteiger partial charge in [0.2, 0.25) is 5.91 Å². The molecule has 1 aromatic carbocycles. The van der Waals surface area contributed by atoms with Crippen LogP contribution in [0.5, 0.6) is 0 Å². The lowest BCUT2D eigenvalue weighted by atomic mass is 10.1. The van der Waals surface area contributed by atoms with Gasteiger partial charge in [-0.05, 0) is 44.1 Å². The third-order valence-corrected chi connectivity index (χ3v) is 7.26. The third-order valence-electron chi connectivity index (χ3n) is 6.30. The van der Waals surface area contributed by atoms with Crippen LogP contribution in [-0.4, -0.2) is 62.1 Å². The van der Waals surface area contributed by atoms with Crippen molar-refractivity contribution in [1.29, 1.82) is 0 Å². The number of amides is 1. The molecule has 1 atom stereocenters. The number of nitrogens with zero attached hydrogens (tertiary/aromatic N) is 4. The topological polar surface area (TPSA) is 76.0 Å². The molecule has 1 aliphatic heterocycles. The predicted molar refractivity (Wildman–Crippen MR) is 127 cm³/mol. The number of aromatic nitrogens is 4. The number of para-hydroxylation sites is 1. The number of carbonyl (C=O) groups excluding carboxylic acids is 1. The quantitative estimate of drug-likeness (QED) is 0.462. The molecule has 0 radical (unpaired) electrons. The standard InChI is InChI=1S/C24H31N5O2S/c1-2-11-28(14-17-9-10-17)22(30)16-32-24-27-26-23(29(24)15-18-6-5-12-31-18)20-13-25-21-8-4-3-7-19(20)21/h3-4,7-8,13,17-18,25H,2,5-6,9-12,14-16H2,1H3/t18-/m1/s1. The minimum atomic E-state index is 0.163. The number of ether oxygens (including phenoxy) is 1. The number of fused-ring (bicyclic) bond motifs is 1. The minimum absolute atomic E-state index is 0.163. The van der Waals surface area contributed by atoms with E-state index in [9.17, 15) is 4.79 Å². The van der Waals surface area contributed by atoms with Gasteiger partial charge in [0.25, 0.3) is 0 Å². The van der Waals surface area contributed by atoms with Crippen molar-refractivity contribution in [2.45, 2.75) is 56.8 Å². The van der Waals surface area contributed by atoms with Crippen molar-refractivity contribution < 1.29 is 9.53 Å². The third kappa shape index (κ3) is 4.71. The van der Waals surface area contributed by atoms with Crippen LogP contribution >= 0.6 is 11.8 Å². The molecule has 2 aromatic heterocycles. The number of thioether (sulfide) groups is 1. The van der Waals surface area contributed by atoms with Gasteiger partial charge < -0.3 is 14.6 Å². The van der Waals surface area contributed by atoms with Crippen LogP contribution in [0.15, 0.2) is 35.6 Å². The molecule has 2 fully saturated rings. The summed E-state index contributed by atoms with van der Waals surface area (Å²) >= 11 is 1.50. The average Bonchev–Trinajstić information content (AvgIpc) is 3.18. The van der Waals surface area contributed by atoms with Gasteiger partial charge in [0, 0.05) is 42.4 Å². The van der Waals surface area contributed by atoms with E-state index in [0.717, 1.165) is 66.4 Å². The van der Waals surface area contributed by atoms with Crippen molar-refractivity contribution in [3.05, 3.63) is 30.5 Å². The van der Waals surface area contributed by atoms with E-state index in [4.69, 9.17) is 4.74 Å². The molecule has 2 aliphatic rings. The Morgan fingerprint density at radius 2 is 2.16 bits per heavy atom. The van der Waals surface area contributed by atoms with E-state index < -0.39 is 0 Å². The van der Waals surface area contributed by atoms with Crippen molar-refractivity contribution in [3.8, 4) is 11.4 Å². The van der Waals surface area contributed by atoms with Crippen molar-refractivity contribution >= 4 is 28.6 Å². The molecular formula is C24H31N5O2S. The molecule has 32 heavy (non-hydrogen) atoms. The molecule has 170 valence electrons. The van der Waals surface area contributed by atoms with Gasteiger partial charge in [0.05, 0.1) is 18.4 Å². The highest BCUT2D eigenvalue weighted by molar-refractivity contribution is 7.99. The molecule has 1 saturated heterocycles. The Bertz CT molecular complexity index is 1070. The normalized spacial score (nSPS) is 18.5. The number of hydrogen-bond acceptors (Lipinski definition) is 5.